The molecule has 3 heteroatoms. The first kappa shape index (κ1) is 8.51. The highest BCUT2D eigenvalue weighted by atomic mass is 79.9. The van der Waals surface area contributed by atoms with E-state index in [0.29, 0.717) is 16.8 Å². The van der Waals surface area contributed by atoms with Gasteiger partial charge in [0, 0.05) is 0 Å². The highest BCUT2D eigenvalue weighted by Crippen LogP contribution is 2.10. The van der Waals surface area contributed by atoms with Crippen molar-refractivity contribution in [2.45, 2.75) is 13.8 Å². The Hall–Kier alpha value is -0.490. The Balaban J connectivity index is 3.98. The summed E-state index contributed by atoms with van der Waals surface area (Å²) < 4.78 is 5.47. The molecule has 0 amide bonds. The van der Waals surface area contributed by atoms with Crippen LogP contribution in [0.3, 0.4) is 0 Å². The maximum atomic E-state index is 8.30. The number of hydrogen-bond acceptors (Lipinski definition) is 2. The second-order valence-corrected chi connectivity index (χ2v) is 2.21. The molecule has 50 valence electrons. The lowest BCUT2D eigenvalue weighted by Gasteiger charge is -2.00. The molecule has 0 aliphatic heterocycles. The zero-order valence-corrected chi connectivity index (χ0v) is 7.03. The predicted molar refractivity (Wildman–Crippen MR) is 38.9 cm³/mol. The lowest BCUT2D eigenvalue weighted by atomic mass is 10.5. The van der Waals surface area contributed by atoms with Gasteiger partial charge >= 0.3 is 0 Å². The Kier molecular flexibility index (Phi) is 4.16. The number of nitrogens with zero attached hydrogens (tertiary/aromatic N) is 1. The molecule has 0 spiro atoms. The summed E-state index contributed by atoms with van der Waals surface area (Å²) >= 11 is 3.04. The van der Waals surface area contributed by atoms with Crippen molar-refractivity contribution in [2.75, 3.05) is 6.61 Å². The van der Waals surface area contributed by atoms with Crippen LogP contribution in [0.15, 0.2) is 10.2 Å². The first-order chi connectivity index (χ1) is 4.22. The van der Waals surface area contributed by atoms with E-state index in [9.17, 15) is 0 Å². The van der Waals surface area contributed by atoms with E-state index in [2.05, 4.69) is 15.9 Å². The van der Waals surface area contributed by atoms with Crippen molar-refractivity contribution < 1.29 is 4.74 Å². The molecule has 9 heavy (non-hydrogen) atoms. The molecule has 0 aliphatic carbocycles. The molecule has 0 atom stereocenters. The fraction of sp³-hybridized carbons (Fsp3) is 0.500. The maximum absolute atomic E-state index is 8.30. The van der Waals surface area contributed by atoms with Crippen molar-refractivity contribution in [3.8, 4) is 6.07 Å². The Morgan fingerprint density at radius 3 is 2.67 bits per heavy atom. The van der Waals surface area contributed by atoms with Crippen LogP contribution in [-0.2, 0) is 4.74 Å². The van der Waals surface area contributed by atoms with Gasteiger partial charge in [0.2, 0.25) is 0 Å². The quantitative estimate of drug-likeness (QED) is 0.493. The molecule has 2 nitrogen and oxygen atoms in total. The zero-order valence-electron chi connectivity index (χ0n) is 5.44. The van der Waals surface area contributed by atoms with Crippen LogP contribution < -0.4 is 0 Å². The minimum atomic E-state index is 0.462. The monoisotopic (exact) mass is 189 g/mol. The highest BCUT2D eigenvalue weighted by molar-refractivity contribution is 9.12. The van der Waals surface area contributed by atoms with Crippen molar-refractivity contribution in [1.29, 1.82) is 5.26 Å². The fourth-order valence-electron chi connectivity index (χ4n) is 0.359. The van der Waals surface area contributed by atoms with Crippen LogP contribution in [0.2, 0.25) is 0 Å². The average Bonchev–Trinajstić information content (AvgIpc) is 1.87. The van der Waals surface area contributed by atoms with Crippen molar-refractivity contribution in [2.24, 2.45) is 0 Å². The van der Waals surface area contributed by atoms with Crippen LogP contribution in [0.5, 0.6) is 0 Å². The molecule has 0 aromatic rings. The highest BCUT2D eigenvalue weighted by Gasteiger charge is 1.94. The SMILES string of the molecule is CCOC(C)=C(Br)C#N. The van der Waals surface area contributed by atoms with Gasteiger partial charge in [-0.3, -0.25) is 0 Å². The molecule has 0 aromatic carbocycles. The fourth-order valence-corrected chi connectivity index (χ4v) is 0.473. The van der Waals surface area contributed by atoms with E-state index in [1.807, 2.05) is 13.0 Å². The first-order valence-electron chi connectivity index (χ1n) is 2.61. The molecule has 0 saturated carbocycles. The zero-order chi connectivity index (χ0) is 7.28. The van der Waals surface area contributed by atoms with E-state index in [1.54, 1.807) is 6.92 Å². The van der Waals surface area contributed by atoms with E-state index in [-0.39, 0.29) is 0 Å². The minimum absolute atomic E-state index is 0.462. The Morgan fingerprint density at radius 1 is 1.78 bits per heavy atom. The predicted octanol–water partition coefficient (Wildman–Crippen LogP) is 2.17. The van der Waals surface area contributed by atoms with Gasteiger partial charge in [0.1, 0.15) is 16.3 Å². The summed E-state index contributed by atoms with van der Waals surface area (Å²) in [5.74, 6) is 0.639. The van der Waals surface area contributed by atoms with E-state index < -0.39 is 0 Å². The van der Waals surface area contributed by atoms with Gasteiger partial charge < -0.3 is 4.74 Å². The lowest BCUT2D eigenvalue weighted by molar-refractivity contribution is 0.231. The van der Waals surface area contributed by atoms with E-state index in [4.69, 9.17) is 10.00 Å². The van der Waals surface area contributed by atoms with Crippen molar-refractivity contribution >= 4 is 15.9 Å². The summed E-state index contributed by atoms with van der Waals surface area (Å²) in [6.45, 7) is 4.22. The standard InChI is InChI=1S/C6H8BrNO/c1-3-9-5(2)6(7)4-8/h3H2,1-2H3. The number of hydrogen-bond donors (Lipinski definition) is 0. The van der Waals surface area contributed by atoms with Gasteiger partial charge in [-0.05, 0) is 29.8 Å². The molecule has 0 unspecified atom stereocenters. The van der Waals surface area contributed by atoms with Gasteiger partial charge in [0.05, 0.1) is 6.61 Å². The Morgan fingerprint density at radius 2 is 2.33 bits per heavy atom. The molecular formula is C6H8BrNO. The summed E-state index contributed by atoms with van der Waals surface area (Å²) in [5, 5.41) is 8.30. The van der Waals surface area contributed by atoms with Gasteiger partial charge in [0.15, 0.2) is 0 Å². The van der Waals surface area contributed by atoms with E-state index in [1.165, 1.54) is 0 Å². The first-order valence-corrected chi connectivity index (χ1v) is 3.41. The molecule has 0 rings (SSSR count). The molecule has 0 bridgehead atoms. The number of rotatable bonds is 2. The van der Waals surface area contributed by atoms with Crippen molar-refractivity contribution in [3.05, 3.63) is 10.2 Å². The number of ether oxygens (including phenoxy) is 1. The molecule has 0 aliphatic rings. The smallest absolute Gasteiger partial charge is 0.132 e. The van der Waals surface area contributed by atoms with Gasteiger partial charge in [-0.25, -0.2) is 0 Å². The molecule has 0 fully saturated rings. The average molecular weight is 190 g/mol. The molecule has 0 saturated heterocycles. The summed E-state index contributed by atoms with van der Waals surface area (Å²) in [5.41, 5.74) is 0. The van der Waals surface area contributed by atoms with Gasteiger partial charge in [-0.15, -0.1) is 0 Å². The summed E-state index contributed by atoms with van der Waals surface area (Å²) in [6, 6.07) is 1.92. The van der Waals surface area contributed by atoms with Gasteiger partial charge in [-0.1, -0.05) is 0 Å². The third kappa shape index (κ3) is 3.15. The number of nitriles is 1. The molecule has 0 N–H and O–H groups in total. The van der Waals surface area contributed by atoms with Crippen LogP contribution in [0.25, 0.3) is 0 Å². The largest absolute Gasteiger partial charge is 0.497 e. The second kappa shape index (κ2) is 4.39. The number of allylic oxidation sites excluding steroid dienone is 2. The van der Waals surface area contributed by atoms with Crippen LogP contribution in [-0.4, -0.2) is 6.61 Å². The lowest BCUT2D eigenvalue weighted by Crippen LogP contribution is -1.87. The third-order valence-corrected chi connectivity index (χ3v) is 1.50. The summed E-state index contributed by atoms with van der Waals surface area (Å²) in [7, 11) is 0. The summed E-state index contributed by atoms with van der Waals surface area (Å²) in [4.78, 5) is 0. The normalized spacial score (nSPS) is 11.8. The molecule has 0 radical (unpaired) electrons. The van der Waals surface area contributed by atoms with E-state index >= 15 is 0 Å². The van der Waals surface area contributed by atoms with Crippen LogP contribution >= 0.6 is 15.9 Å². The van der Waals surface area contributed by atoms with Crippen LogP contribution in [0.1, 0.15) is 13.8 Å². The van der Waals surface area contributed by atoms with Crippen LogP contribution in [0.4, 0.5) is 0 Å². The molecule has 0 aromatic heterocycles. The van der Waals surface area contributed by atoms with Crippen molar-refractivity contribution in [1.82, 2.24) is 0 Å². The molecular weight excluding hydrogens is 182 g/mol. The Labute approximate surface area is 63.2 Å². The second-order valence-electron chi connectivity index (χ2n) is 1.41. The Bertz CT molecular complexity index is 157. The van der Waals surface area contributed by atoms with Gasteiger partial charge in [-0.2, -0.15) is 5.26 Å². The topological polar surface area (TPSA) is 33.0 Å². The number of halogens is 1. The summed E-state index contributed by atoms with van der Waals surface area (Å²) in [6.07, 6.45) is 0. The molecule has 0 heterocycles. The maximum Gasteiger partial charge on any atom is 0.132 e. The van der Waals surface area contributed by atoms with Crippen molar-refractivity contribution in [3.63, 3.8) is 0 Å². The van der Waals surface area contributed by atoms with Crippen LogP contribution in [0, 0.1) is 11.3 Å². The van der Waals surface area contributed by atoms with E-state index in [0.717, 1.165) is 0 Å². The van der Waals surface area contributed by atoms with Gasteiger partial charge in [0.25, 0.3) is 0 Å². The third-order valence-electron chi connectivity index (χ3n) is 0.768. The minimum Gasteiger partial charge on any atom is -0.497 e.